The minimum Gasteiger partial charge on any atom is -0.385 e. The Morgan fingerprint density at radius 2 is 2.10 bits per heavy atom. The van der Waals surface area contributed by atoms with Crippen molar-refractivity contribution in [1.82, 2.24) is 15.2 Å². The minimum absolute atomic E-state index is 0.00511. The van der Waals surface area contributed by atoms with E-state index >= 15 is 0 Å². The van der Waals surface area contributed by atoms with Gasteiger partial charge in [-0.05, 0) is 57.8 Å². The molecule has 1 aliphatic heterocycles. The first kappa shape index (κ1) is 15.8. The maximum Gasteiger partial charge on any atom is 0.272 e. The van der Waals surface area contributed by atoms with Gasteiger partial charge in [-0.2, -0.15) is 0 Å². The van der Waals surface area contributed by atoms with Gasteiger partial charge in [-0.15, -0.1) is 0 Å². The number of carbonyl (C=O) groups is 1. The van der Waals surface area contributed by atoms with Crippen molar-refractivity contribution < 1.29 is 4.79 Å². The van der Waals surface area contributed by atoms with Crippen LogP contribution in [0.3, 0.4) is 0 Å². The number of anilines is 1. The molecule has 0 aliphatic carbocycles. The molecule has 5 heteroatoms. The monoisotopic (exact) mass is 290 g/mol. The summed E-state index contributed by atoms with van der Waals surface area (Å²) < 4.78 is 0. The summed E-state index contributed by atoms with van der Waals surface area (Å²) in [6.07, 6.45) is 4.13. The van der Waals surface area contributed by atoms with E-state index in [-0.39, 0.29) is 5.91 Å². The van der Waals surface area contributed by atoms with Gasteiger partial charge >= 0.3 is 0 Å². The van der Waals surface area contributed by atoms with Crippen molar-refractivity contribution in [2.75, 3.05) is 38.0 Å². The van der Waals surface area contributed by atoms with Crippen molar-refractivity contribution in [1.29, 1.82) is 0 Å². The third kappa shape index (κ3) is 4.43. The lowest BCUT2D eigenvalue weighted by molar-refractivity contribution is 0.0767. The molecule has 2 rings (SSSR count). The van der Waals surface area contributed by atoms with Gasteiger partial charge in [0.05, 0.1) is 0 Å². The van der Waals surface area contributed by atoms with E-state index in [1.165, 1.54) is 12.8 Å². The molecule has 0 bridgehead atoms. The Morgan fingerprint density at radius 3 is 2.76 bits per heavy atom. The standard InChI is InChI=1S/C16H26N4O/c1-3-20(4-2)16(21)15-11-14(7-10-18-15)19-12-13-5-8-17-9-6-13/h7,10-11,13,17H,3-6,8-9,12H2,1-2H3,(H,18,19). The van der Waals surface area contributed by atoms with Crippen molar-refractivity contribution in [3.05, 3.63) is 24.0 Å². The molecular formula is C16H26N4O. The fourth-order valence-corrected chi connectivity index (χ4v) is 2.68. The average Bonchev–Trinajstić information content (AvgIpc) is 2.55. The van der Waals surface area contributed by atoms with Crippen LogP contribution in [0.5, 0.6) is 0 Å². The van der Waals surface area contributed by atoms with Crippen molar-refractivity contribution >= 4 is 11.6 Å². The zero-order chi connectivity index (χ0) is 15.1. The zero-order valence-electron chi connectivity index (χ0n) is 13.1. The predicted molar refractivity (Wildman–Crippen MR) is 85.6 cm³/mol. The van der Waals surface area contributed by atoms with E-state index in [2.05, 4.69) is 15.6 Å². The maximum atomic E-state index is 12.3. The Bertz CT molecular complexity index is 453. The Morgan fingerprint density at radius 1 is 1.38 bits per heavy atom. The zero-order valence-corrected chi connectivity index (χ0v) is 13.1. The second-order valence-corrected chi connectivity index (χ2v) is 5.48. The summed E-state index contributed by atoms with van der Waals surface area (Å²) in [7, 11) is 0. The molecule has 1 aromatic heterocycles. The summed E-state index contributed by atoms with van der Waals surface area (Å²) in [4.78, 5) is 18.3. The molecule has 116 valence electrons. The fourth-order valence-electron chi connectivity index (χ4n) is 2.68. The summed E-state index contributed by atoms with van der Waals surface area (Å²) >= 11 is 0. The number of rotatable bonds is 6. The molecule has 1 amide bonds. The second-order valence-electron chi connectivity index (χ2n) is 5.48. The number of carbonyl (C=O) groups excluding carboxylic acids is 1. The largest absolute Gasteiger partial charge is 0.385 e. The molecule has 5 nitrogen and oxygen atoms in total. The highest BCUT2D eigenvalue weighted by Gasteiger charge is 2.15. The van der Waals surface area contributed by atoms with Gasteiger partial charge in [-0.25, -0.2) is 0 Å². The number of amides is 1. The van der Waals surface area contributed by atoms with E-state index < -0.39 is 0 Å². The van der Waals surface area contributed by atoms with E-state index in [0.29, 0.717) is 24.7 Å². The van der Waals surface area contributed by atoms with Crippen molar-refractivity contribution in [2.45, 2.75) is 26.7 Å². The third-order valence-corrected chi connectivity index (χ3v) is 4.08. The van der Waals surface area contributed by atoms with Gasteiger partial charge in [0.15, 0.2) is 0 Å². The molecular weight excluding hydrogens is 264 g/mol. The number of nitrogens with zero attached hydrogens (tertiary/aromatic N) is 2. The van der Waals surface area contributed by atoms with Crippen molar-refractivity contribution in [3.8, 4) is 0 Å². The molecule has 0 radical (unpaired) electrons. The smallest absolute Gasteiger partial charge is 0.272 e. The van der Waals surface area contributed by atoms with Gasteiger partial charge in [0, 0.05) is 31.5 Å². The van der Waals surface area contributed by atoms with Crippen LogP contribution in [0.4, 0.5) is 5.69 Å². The van der Waals surface area contributed by atoms with E-state index in [4.69, 9.17) is 0 Å². The molecule has 0 unspecified atom stereocenters. The van der Waals surface area contributed by atoms with Gasteiger partial charge < -0.3 is 15.5 Å². The van der Waals surface area contributed by atoms with E-state index in [0.717, 1.165) is 25.3 Å². The molecule has 0 spiro atoms. The third-order valence-electron chi connectivity index (χ3n) is 4.08. The van der Waals surface area contributed by atoms with E-state index in [1.54, 1.807) is 11.1 Å². The summed E-state index contributed by atoms with van der Waals surface area (Å²) in [5.41, 5.74) is 1.51. The van der Waals surface area contributed by atoms with Crippen LogP contribution in [0.15, 0.2) is 18.3 Å². The van der Waals surface area contributed by atoms with E-state index in [1.807, 2.05) is 26.0 Å². The predicted octanol–water partition coefficient (Wildman–Crippen LogP) is 1.98. The quantitative estimate of drug-likeness (QED) is 0.841. The molecule has 2 N–H and O–H groups in total. The molecule has 21 heavy (non-hydrogen) atoms. The van der Waals surface area contributed by atoms with Crippen molar-refractivity contribution in [3.63, 3.8) is 0 Å². The number of hydrogen-bond donors (Lipinski definition) is 2. The Hall–Kier alpha value is -1.62. The van der Waals surface area contributed by atoms with Crippen LogP contribution in [-0.2, 0) is 0 Å². The summed E-state index contributed by atoms with van der Waals surface area (Å²) in [5.74, 6) is 0.715. The van der Waals surface area contributed by atoms with Crippen LogP contribution in [0.25, 0.3) is 0 Å². The van der Waals surface area contributed by atoms with E-state index in [9.17, 15) is 4.79 Å². The minimum atomic E-state index is 0.00511. The lowest BCUT2D eigenvalue weighted by Gasteiger charge is -2.23. The molecule has 1 saturated heterocycles. The van der Waals surface area contributed by atoms with Gasteiger partial charge in [-0.1, -0.05) is 0 Å². The molecule has 0 saturated carbocycles. The SMILES string of the molecule is CCN(CC)C(=O)c1cc(NCC2CCNCC2)ccn1. The molecule has 1 aromatic rings. The maximum absolute atomic E-state index is 12.3. The van der Waals surface area contributed by atoms with Crippen LogP contribution in [-0.4, -0.2) is 48.5 Å². The highest BCUT2D eigenvalue weighted by atomic mass is 16.2. The molecule has 1 fully saturated rings. The van der Waals surface area contributed by atoms with Crippen molar-refractivity contribution in [2.24, 2.45) is 5.92 Å². The lowest BCUT2D eigenvalue weighted by atomic mass is 9.98. The van der Waals surface area contributed by atoms with Gasteiger partial charge in [-0.3, -0.25) is 9.78 Å². The van der Waals surface area contributed by atoms with Gasteiger partial charge in [0.2, 0.25) is 0 Å². The summed E-state index contributed by atoms with van der Waals surface area (Å²) in [5, 5.41) is 6.82. The van der Waals surface area contributed by atoms with Crippen LogP contribution in [0, 0.1) is 5.92 Å². The Kier molecular flexibility index (Phi) is 5.99. The number of nitrogens with one attached hydrogen (secondary N) is 2. The second kappa shape index (κ2) is 7.98. The molecule has 1 aliphatic rings. The lowest BCUT2D eigenvalue weighted by Crippen LogP contribution is -2.32. The van der Waals surface area contributed by atoms with Gasteiger partial charge in [0.1, 0.15) is 5.69 Å². The molecule has 0 aromatic carbocycles. The Labute approximate surface area is 127 Å². The fraction of sp³-hybridized carbons (Fsp3) is 0.625. The molecule has 2 heterocycles. The highest BCUT2D eigenvalue weighted by Crippen LogP contribution is 2.15. The number of hydrogen-bond acceptors (Lipinski definition) is 4. The average molecular weight is 290 g/mol. The van der Waals surface area contributed by atoms with Crippen LogP contribution < -0.4 is 10.6 Å². The first-order valence-corrected chi connectivity index (χ1v) is 7.94. The summed E-state index contributed by atoms with van der Waals surface area (Å²) in [6.45, 7) is 8.57. The number of piperidine rings is 1. The Balaban J connectivity index is 1.95. The van der Waals surface area contributed by atoms with Crippen LogP contribution >= 0.6 is 0 Å². The highest BCUT2D eigenvalue weighted by molar-refractivity contribution is 5.93. The molecule has 0 atom stereocenters. The summed E-state index contributed by atoms with van der Waals surface area (Å²) in [6, 6.07) is 3.79. The normalized spacial score (nSPS) is 15.7. The number of pyridine rings is 1. The first-order chi connectivity index (χ1) is 10.2. The van der Waals surface area contributed by atoms with Crippen LogP contribution in [0.1, 0.15) is 37.2 Å². The first-order valence-electron chi connectivity index (χ1n) is 7.94. The number of aromatic nitrogens is 1. The van der Waals surface area contributed by atoms with Crippen LogP contribution in [0.2, 0.25) is 0 Å². The topological polar surface area (TPSA) is 57.3 Å². The van der Waals surface area contributed by atoms with Gasteiger partial charge in [0.25, 0.3) is 5.91 Å².